The summed E-state index contributed by atoms with van der Waals surface area (Å²) in [5.41, 5.74) is 26.0. The van der Waals surface area contributed by atoms with Gasteiger partial charge in [-0.1, -0.05) is 296 Å². The van der Waals surface area contributed by atoms with Gasteiger partial charge in [-0.15, -0.1) is 0 Å². The molecule has 18 rings (SSSR count). The van der Waals surface area contributed by atoms with Gasteiger partial charge in [0.05, 0.1) is 33.4 Å². The summed E-state index contributed by atoms with van der Waals surface area (Å²) in [5, 5.41) is 9.73. The van der Waals surface area contributed by atoms with E-state index in [1.54, 1.807) is 0 Å². The molecular weight excluding hydrogens is 1260 g/mol. The molecule has 498 valence electrons. The molecule has 0 bridgehead atoms. The molecule has 0 amide bonds. The average Bonchev–Trinajstić information content (AvgIpc) is 1.26. The third kappa shape index (κ3) is 11.2. The van der Waals surface area contributed by atoms with Crippen LogP contribution in [0.5, 0.6) is 0 Å². The maximum absolute atomic E-state index is 2.61. The number of hydrogen-bond donors (Lipinski definition) is 0. The Morgan fingerprint density at radius 2 is 0.529 bits per heavy atom. The van der Waals surface area contributed by atoms with Gasteiger partial charge in [-0.3, -0.25) is 0 Å². The van der Waals surface area contributed by atoms with Gasteiger partial charge in [-0.25, -0.2) is 0 Å². The van der Waals surface area contributed by atoms with Crippen molar-refractivity contribution in [2.24, 2.45) is 0 Å². The Morgan fingerprint density at radius 3 is 0.913 bits per heavy atom. The SMILES string of the molecule is CC(C)(C)c1cc(N(c2cccc(-n3c4ccccc4c4ccccc43)c2)c2c(-c3ccccc3)cc(-c3cc4ccccc4c4ccccc34)cc2-c2ccccc2)cc(N(c2cccc(-n3c4ccccc4c4ccccc43)c2)c2c(-c3ccccc3)cc(C(C)(C)C)cc2-c2ccccc2)c1. The lowest BCUT2D eigenvalue weighted by Gasteiger charge is -2.36. The lowest BCUT2D eigenvalue weighted by molar-refractivity contribution is 0.590. The van der Waals surface area contributed by atoms with E-state index in [-0.39, 0.29) is 10.8 Å². The monoisotopic (exact) mass is 1330 g/mol. The van der Waals surface area contributed by atoms with Crippen LogP contribution < -0.4 is 9.80 Å². The summed E-state index contributed by atoms with van der Waals surface area (Å²) in [6, 6.07) is 136. The molecule has 2 aromatic heterocycles. The summed E-state index contributed by atoms with van der Waals surface area (Å²) >= 11 is 0. The van der Waals surface area contributed by atoms with E-state index in [4.69, 9.17) is 0 Å². The molecule has 0 radical (unpaired) electrons. The van der Waals surface area contributed by atoms with Gasteiger partial charge in [-0.2, -0.15) is 0 Å². The predicted molar refractivity (Wildman–Crippen MR) is 444 cm³/mol. The second-order valence-electron chi connectivity index (χ2n) is 29.7. The highest BCUT2D eigenvalue weighted by Gasteiger charge is 2.32. The molecule has 2 heterocycles. The number of para-hydroxylation sites is 4. The van der Waals surface area contributed by atoms with Gasteiger partial charge in [-0.05, 0) is 186 Å². The fourth-order valence-electron chi connectivity index (χ4n) is 16.0. The zero-order valence-corrected chi connectivity index (χ0v) is 59.4. The lowest BCUT2D eigenvalue weighted by Crippen LogP contribution is -2.20. The predicted octanol–water partition coefficient (Wildman–Crippen LogP) is 28.1. The molecule has 0 saturated heterocycles. The van der Waals surface area contributed by atoms with Crippen LogP contribution in [-0.4, -0.2) is 9.13 Å². The maximum atomic E-state index is 2.61. The number of fused-ring (bicyclic) bond motifs is 9. The molecule has 0 fully saturated rings. The Morgan fingerprint density at radius 1 is 0.212 bits per heavy atom. The van der Waals surface area contributed by atoms with Crippen LogP contribution in [0.4, 0.5) is 34.1 Å². The summed E-state index contributed by atoms with van der Waals surface area (Å²) in [6.07, 6.45) is 0. The van der Waals surface area contributed by atoms with Gasteiger partial charge >= 0.3 is 0 Å². The van der Waals surface area contributed by atoms with Crippen molar-refractivity contribution >= 4 is 99.3 Å². The summed E-state index contributed by atoms with van der Waals surface area (Å²) in [4.78, 5) is 5.21. The first-order valence-corrected chi connectivity index (χ1v) is 36.3. The van der Waals surface area contributed by atoms with Crippen molar-refractivity contribution in [1.82, 2.24) is 9.13 Å². The van der Waals surface area contributed by atoms with Gasteiger partial charge in [0.25, 0.3) is 0 Å². The Balaban J connectivity index is 0.992. The van der Waals surface area contributed by atoms with Crippen LogP contribution in [0.15, 0.2) is 364 Å². The van der Waals surface area contributed by atoms with Crippen LogP contribution in [0, 0.1) is 0 Å². The molecule has 0 saturated carbocycles. The van der Waals surface area contributed by atoms with E-state index in [2.05, 4.69) is 424 Å². The van der Waals surface area contributed by atoms with Crippen molar-refractivity contribution in [3.05, 3.63) is 375 Å². The summed E-state index contributed by atoms with van der Waals surface area (Å²) in [5.74, 6) is 0. The number of hydrogen-bond acceptors (Lipinski definition) is 2. The van der Waals surface area contributed by atoms with E-state index < -0.39 is 0 Å². The molecule has 4 heteroatoms. The fraction of sp³-hybridized carbons (Fsp3) is 0.0800. The first kappa shape index (κ1) is 63.4. The van der Waals surface area contributed by atoms with E-state index in [0.717, 1.165) is 118 Å². The van der Waals surface area contributed by atoms with Crippen LogP contribution in [0.25, 0.3) is 132 Å². The van der Waals surface area contributed by atoms with Gasteiger partial charge in [0, 0.05) is 77.9 Å². The molecule has 0 atom stereocenters. The zero-order valence-electron chi connectivity index (χ0n) is 59.4. The zero-order chi connectivity index (χ0) is 70.2. The van der Waals surface area contributed by atoms with Crippen molar-refractivity contribution in [3.63, 3.8) is 0 Å². The number of rotatable bonds is 13. The molecule has 104 heavy (non-hydrogen) atoms. The summed E-state index contributed by atoms with van der Waals surface area (Å²) in [7, 11) is 0. The fourth-order valence-corrected chi connectivity index (χ4v) is 16.0. The largest absolute Gasteiger partial charge is 0.309 e. The Labute approximate surface area is 608 Å². The highest BCUT2D eigenvalue weighted by Crippen LogP contribution is 2.55. The minimum Gasteiger partial charge on any atom is -0.309 e. The molecule has 18 aromatic rings. The third-order valence-electron chi connectivity index (χ3n) is 21.1. The Bertz CT molecular complexity index is 6080. The summed E-state index contributed by atoms with van der Waals surface area (Å²) < 4.78 is 4.91. The van der Waals surface area contributed by atoms with Crippen LogP contribution in [0.2, 0.25) is 0 Å². The molecule has 0 aliphatic rings. The normalized spacial score (nSPS) is 11.9. The summed E-state index contributed by atoms with van der Waals surface area (Å²) in [6.45, 7) is 14.1. The third-order valence-corrected chi connectivity index (χ3v) is 21.1. The van der Waals surface area contributed by atoms with E-state index in [0.29, 0.717) is 0 Å². The number of aromatic nitrogens is 2. The van der Waals surface area contributed by atoms with Crippen LogP contribution >= 0.6 is 0 Å². The van der Waals surface area contributed by atoms with Crippen molar-refractivity contribution < 1.29 is 0 Å². The van der Waals surface area contributed by atoms with Gasteiger partial charge in [0.15, 0.2) is 0 Å². The van der Waals surface area contributed by atoms with Gasteiger partial charge in [0.1, 0.15) is 0 Å². The number of benzene rings is 16. The molecular formula is C100H78N4. The Kier molecular flexibility index (Phi) is 15.7. The molecule has 0 unspecified atom stereocenters. The molecule has 0 N–H and O–H groups in total. The number of anilines is 6. The second-order valence-corrected chi connectivity index (χ2v) is 29.7. The first-order chi connectivity index (χ1) is 50.9. The lowest BCUT2D eigenvalue weighted by atomic mass is 9.81. The molecule has 0 spiro atoms. The molecule has 16 aromatic carbocycles. The minimum absolute atomic E-state index is 0.204. The average molecular weight is 1340 g/mol. The van der Waals surface area contributed by atoms with Gasteiger partial charge in [0.2, 0.25) is 0 Å². The Hall–Kier alpha value is -12.8. The van der Waals surface area contributed by atoms with Crippen molar-refractivity contribution in [1.29, 1.82) is 0 Å². The van der Waals surface area contributed by atoms with Gasteiger partial charge < -0.3 is 18.9 Å². The maximum Gasteiger partial charge on any atom is 0.0618 e. The van der Waals surface area contributed by atoms with E-state index in [1.165, 1.54) is 59.8 Å². The molecule has 0 aliphatic heterocycles. The van der Waals surface area contributed by atoms with Crippen molar-refractivity contribution in [3.8, 4) is 67.0 Å². The van der Waals surface area contributed by atoms with E-state index in [9.17, 15) is 0 Å². The highest BCUT2D eigenvalue weighted by molar-refractivity contribution is 6.16. The van der Waals surface area contributed by atoms with E-state index >= 15 is 0 Å². The quantitative estimate of drug-likeness (QED) is 0.107. The van der Waals surface area contributed by atoms with Crippen LogP contribution in [-0.2, 0) is 10.8 Å². The minimum atomic E-state index is -0.371. The highest BCUT2D eigenvalue weighted by atomic mass is 15.2. The van der Waals surface area contributed by atoms with Crippen LogP contribution in [0.1, 0.15) is 52.7 Å². The van der Waals surface area contributed by atoms with Crippen LogP contribution in [0.3, 0.4) is 0 Å². The van der Waals surface area contributed by atoms with Crippen molar-refractivity contribution in [2.45, 2.75) is 52.4 Å². The second kappa shape index (κ2) is 25.7. The topological polar surface area (TPSA) is 16.3 Å². The van der Waals surface area contributed by atoms with E-state index in [1.807, 2.05) is 0 Å². The number of nitrogens with zero attached hydrogens (tertiary/aromatic N) is 4. The first-order valence-electron chi connectivity index (χ1n) is 36.3. The van der Waals surface area contributed by atoms with Crippen molar-refractivity contribution in [2.75, 3.05) is 9.80 Å². The molecule has 0 aliphatic carbocycles. The smallest absolute Gasteiger partial charge is 0.0618 e. The standard InChI is InChI=1S/C100H78N4/c1-99(2,3)73-60-79(66-80(61-73)102(76-43-32-45-78(65-76)104-95-55-29-25-51-86(95)87-52-26-30-56-96(87)104)98-91(69-37-15-9-16-38-69)62-74(100(4,5)6)63-92(98)70-39-17-10-18-40-70)101(75-42-31-44-77(64-75)103-93-53-27-23-49-84(93)85-50-24-28-54-94(85)103)97-89(67-33-11-7-12-34-67)58-72(59-90(97)68-35-13-8-14-36-68)88-57-71-41-19-20-46-81(71)82-47-21-22-48-83(82)88/h7-66H,1-6H3. The molecule has 4 nitrogen and oxygen atoms in total.